The van der Waals surface area contributed by atoms with Crippen LogP contribution >= 0.6 is 0 Å². The summed E-state index contributed by atoms with van der Waals surface area (Å²) in [6.45, 7) is -0.931. The number of rotatable bonds is 10. The maximum atomic E-state index is 11.7. The van der Waals surface area contributed by atoms with E-state index in [4.69, 9.17) is 21.1 Å². The number of hydrogen-bond donors (Lipinski definition) is 8. The van der Waals surface area contributed by atoms with Gasteiger partial charge in [-0.2, -0.15) is 0 Å². The number of carboxylic acid groups (broad SMARTS) is 1. The summed E-state index contributed by atoms with van der Waals surface area (Å²) in [5, 5.41) is 41.9. The van der Waals surface area contributed by atoms with Crippen molar-refractivity contribution in [1.82, 2.24) is 16.0 Å². The average Bonchev–Trinajstić information content (AvgIpc) is 2.53. The van der Waals surface area contributed by atoms with E-state index in [1.165, 1.54) is 6.92 Å². The fourth-order valence-electron chi connectivity index (χ4n) is 1.46. The Kier molecular flexibility index (Phi) is 9.49. The van der Waals surface area contributed by atoms with Gasteiger partial charge in [0.2, 0.25) is 17.7 Å². The van der Waals surface area contributed by atoms with Gasteiger partial charge in [0.1, 0.15) is 12.1 Å². The number of carbonyl (C=O) groups excluding carboxylic acids is 3. The minimum absolute atomic E-state index is 0.645. The predicted molar refractivity (Wildman–Crippen MR) is 78.3 cm³/mol. The van der Waals surface area contributed by atoms with E-state index in [0.29, 0.717) is 0 Å². The number of amides is 3. The Labute approximate surface area is 137 Å². The van der Waals surface area contributed by atoms with Crippen molar-refractivity contribution in [3.63, 3.8) is 0 Å². The molecule has 0 fully saturated rings. The number of carbonyl (C=O) groups is 4. The second-order valence-corrected chi connectivity index (χ2v) is 4.87. The van der Waals surface area contributed by atoms with Gasteiger partial charge in [-0.25, -0.2) is 4.79 Å². The molecule has 0 aliphatic heterocycles. The molecule has 0 aromatic rings. The lowest BCUT2D eigenvalue weighted by Gasteiger charge is -2.19. The van der Waals surface area contributed by atoms with Crippen molar-refractivity contribution in [2.45, 2.75) is 31.2 Å². The summed E-state index contributed by atoms with van der Waals surface area (Å²) in [7, 11) is 0. The molecular weight excluding hydrogens is 328 g/mol. The van der Waals surface area contributed by atoms with Gasteiger partial charge in [-0.05, 0) is 6.92 Å². The number of hydrogen-bond acceptors (Lipinski definition) is 8. The molecule has 0 saturated heterocycles. The summed E-state index contributed by atoms with van der Waals surface area (Å²) in [6, 6.07) is -4.24. The zero-order valence-corrected chi connectivity index (χ0v) is 12.9. The molecule has 138 valence electrons. The lowest BCUT2D eigenvalue weighted by molar-refractivity contribution is -0.144. The summed E-state index contributed by atoms with van der Waals surface area (Å²) < 4.78 is 0. The Hall–Kier alpha value is -2.28. The lowest BCUT2D eigenvalue weighted by Crippen LogP contribution is -2.56. The molecule has 0 spiro atoms. The van der Waals surface area contributed by atoms with Crippen LogP contribution in [0.25, 0.3) is 0 Å². The highest BCUT2D eigenvalue weighted by atomic mass is 16.4. The van der Waals surface area contributed by atoms with Gasteiger partial charge in [0.15, 0.2) is 6.04 Å². The summed E-state index contributed by atoms with van der Waals surface area (Å²) in [6.07, 6.45) is -1.36. The van der Waals surface area contributed by atoms with Crippen LogP contribution in [0.15, 0.2) is 0 Å². The smallest absolute Gasteiger partial charge is 0.328 e. The van der Waals surface area contributed by atoms with E-state index >= 15 is 0 Å². The topological polar surface area (TPSA) is 211 Å². The maximum absolute atomic E-state index is 11.7. The van der Waals surface area contributed by atoms with E-state index in [2.05, 4.69) is 10.6 Å². The van der Waals surface area contributed by atoms with E-state index in [9.17, 15) is 24.3 Å². The van der Waals surface area contributed by atoms with E-state index in [-0.39, 0.29) is 0 Å². The summed E-state index contributed by atoms with van der Waals surface area (Å²) >= 11 is 0. The first-order valence-electron chi connectivity index (χ1n) is 6.89. The zero-order chi connectivity index (χ0) is 18.9. The van der Waals surface area contributed by atoms with Crippen LogP contribution in [0, 0.1) is 0 Å². The third-order valence-electron chi connectivity index (χ3n) is 2.84. The first-order valence-corrected chi connectivity index (χ1v) is 6.89. The number of aliphatic carboxylic acids is 1. The molecule has 0 saturated carbocycles. The van der Waals surface area contributed by atoms with E-state index < -0.39 is 67.7 Å². The van der Waals surface area contributed by atoms with Crippen molar-refractivity contribution >= 4 is 23.7 Å². The Balaban J connectivity index is 4.51. The van der Waals surface area contributed by atoms with E-state index in [0.717, 1.165) is 0 Å². The van der Waals surface area contributed by atoms with E-state index in [1.807, 2.05) is 5.32 Å². The van der Waals surface area contributed by atoms with Gasteiger partial charge in [-0.1, -0.05) is 0 Å². The minimum atomic E-state index is -1.55. The predicted octanol–water partition coefficient (Wildman–Crippen LogP) is -5.15. The van der Waals surface area contributed by atoms with Gasteiger partial charge >= 0.3 is 5.97 Å². The maximum Gasteiger partial charge on any atom is 0.328 e. The molecule has 0 heterocycles. The molecule has 9 N–H and O–H groups in total. The third kappa shape index (κ3) is 7.32. The number of aliphatic hydroxyl groups excluding tert-OH is 3. The first kappa shape index (κ1) is 21.7. The highest BCUT2D eigenvalue weighted by Gasteiger charge is 2.26. The molecule has 24 heavy (non-hydrogen) atoms. The molecule has 0 radical (unpaired) electrons. The summed E-state index contributed by atoms with van der Waals surface area (Å²) in [4.78, 5) is 45.5. The van der Waals surface area contributed by atoms with E-state index in [1.54, 1.807) is 0 Å². The summed E-state index contributed by atoms with van der Waals surface area (Å²) in [5.41, 5.74) is 5.23. The molecule has 0 rings (SSSR count). The van der Waals surface area contributed by atoms with Gasteiger partial charge in [0.25, 0.3) is 0 Å². The Bertz CT molecular complexity index is 470. The van der Waals surface area contributed by atoms with Crippen LogP contribution < -0.4 is 21.7 Å². The molecule has 12 heteroatoms. The van der Waals surface area contributed by atoms with Crippen LogP contribution in [0.1, 0.15) is 6.92 Å². The molecule has 0 aliphatic carbocycles. The van der Waals surface area contributed by atoms with Crippen LogP contribution in [0.2, 0.25) is 0 Å². The Morgan fingerprint density at radius 2 is 1.62 bits per heavy atom. The molecule has 0 bridgehead atoms. The third-order valence-corrected chi connectivity index (χ3v) is 2.84. The normalized spacial score (nSPS) is 15.5. The average molecular weight is 350 g/mol. The van der Waals surface area contributed by atoms with Gasteiger partial charge in [-0.3, -0.25) is 14.4 Å². The van der Waals surface area contributed by atoms with Crippen LogP contribution in [0.4, 0.5) is 0 Å². The van der Waals surface area contributed by atoms with Gasteiger partial charge in [0, 0.05) is 0 Å². The highest BCUT2D eigenvalue weighted by molar-refractivity contribution is 5.92. The Morgan fingerprint density at radius 3 is 2.04 bits per heavy atom. The minimum Gasteiger partial charge on any atom is -0.480 e. The SMILES string of the molecule is CC(O)C(NC(=O)CNC(=O)C(CO)NC(=O)C(N)CO)C(=O)O. The van der Waals surface area contributed by atoms with Crippen LogP contribution in [0.3, 0.4) is 0 Å². The largest absolute Gasteiger partial charge is 0.480 e. The van der Waals surface area contributed by atoms with Crippen molar-refractivity contribution < 1.29 is 39.6 Å². The number of nitrogens with two attached hydrogens (primary N) is 1. The Morgan fingerprint density at radius 1 is 1.04 bits per heavy atom. The molecule has 4 atom stereocenters. The molecule has 4 unspecified atom stereocenters. The zero-order valence-electron chi connectivity index (χ0n) is 12.9. The van der Waals surface area contributed by atoms with Gasteiger partial charge < -0.3 is 42.1 Å². The fraction of sp³-hybridized carbons (Fsp3) is 0.667. The van der Waals surface area contributed by atoms with Crippen molar-refractivity contribution in [3.05, 3.63) is 0 Å². The van der Waals surface area contributed by atoms with Crippen molar-refractivity contribution in [2.75, 3.05) is 19.8 Å². The number of nitrogens with one attached hydrogen (secondary N) is 3. The molecule has 0 aromatic heterocycles. The van der Waals surface area contributed by atoms with Gasteiger partial charge in [0.05, 0.1) is 25.9 Å². The molecule has 12 nitrogen and oxygen atoms in total. The highest BCUT2D eigenvalue weighted by Crippen LogP contribution is 1.93. The van der Waals surface area contributed by atoms with Crippen molar-refractivity contribution in [1.29, 1.82) is 0 Å². The fourth-order valence-corrected chi connectivity index (χ4v) is 1.46. The monoisotopic (exact) mass is 350 g/mol. The standard InChI is InChI=1S/C12H22N4O8/c1-5(19)9(12(23)24)16-8(20)2-14-11(22)7(4-18)15-10(21)6(13)3-17/h5-7,9,17-19H,2-4,13H2,1H3,(H,14,22)(H,15,21)(H,16,20)(H,23,24). The van der Waals surface area contributed by atoms with Crippen molar-refractivity contribution in [3.8, 4) is 0 Å². The number of aliphatic hydroxyl groups is 3. The molecule has 0 aliphatic rings. The molecule has 0 aromatic carbocycles. The quantitative estimate of drug-likeness (QED) is 0.189. The second kappa shape index (κ2) is 10.5. The van der Waals surface area contributed by atoms with Crippen LogP contribution in [0.5, 0.6) is 0 Å². The van der Waals surface area contributed by atoms with Gasteiger partial charge in [-0.15, -0.1) is 0 Å². The number of carboxylic acids is 1. The van der Waals surface area contributed by atoms with Crippen LogP contribution in [-0.2, 0) is 19.2 Å². The summed E-state index contributed by atoms with van der Waals surface area (Å²) in [5.74, 6) is -4.15. The lowest BCUT2D eigenvalue weighted by atomic mass is 10.2. The van der Waals surface area contributed by atoms with Crippen LogP contribution in [-0.4, -0.2) is 88.1 Å². The second-order valence-electron chi connectivity index (χ2n) is 4.87. The molecule has 3 amide bonds. The van der Waals surface area contributed by atoms with Crippen molar-refractivity contribution in [2.24, 2.45) is 5.73 Å². The molecular formula is C12H22N4O8. The first-order chi connectivity index (χ1) is 11.1.